The van der Waals surface area contributed by atoms with E-state index < -0.39 is 0 Å². The fourth-order valence-electron chi connectivity index (χ4n) is 2.07. The zero-order valence-corrected chi connectivity index (χ0v) is 14.4. The van der Waals surface area contributed by atoms with Crippen molar-refractivity contribution in [3.63, 3.8) is 0 Å². The molecule has 0 aliphatic carbocycles. The zero-order chi connectivity index (χ0) is 15.9. The third-order valence-electron chi connectivity index (χ3n) is 3.33. The molecule has 0 heterocycles. The van der Waals surface area contributed by atoms with Crippen molar-refractivity contribution < 1.29 is 9.47 Å². The van der Waals surface area contributed by atoms with Gasteiger partial charge in [-0.1, -0.05) is 26.0 Å². The summed E-state index contributed by atoms with van der Waals surface area (Å²) >= 11 is 0. The van der Waals surface area contributed by atoms with Crippen molar-refractivity contribution in [2.24, 2.45) is 5.92 Å². The lowest BCUT2D eigenvalue weighted by molar-refractivity contribution is -0.0103. The summed E-state index contributed by atoms with van der Waals surface area (Å²) in [6.45, 7) is 15.1. The SMILES string of the molecule is CCOC(C)(C)CNC(C)c1ccc(OCC(C)C)cc1. The summed E-state index contributed by atoms with van der Waals surface area (Å²) in [5.41, 5.74) is 1.13. The second kappa shape index (κ2) is 8.40. The monoisotopic (exact) mass is 293 g/mol. The van der Waals surface area contributed by atoms with E-state index in [1.165, 1.54) is 5.56 Å². The smallest absolute Gasteiger partial charge is 0.119 e. The second-order valence-corrected chi connectivity index (χ2v) is 6.57. The van der Waals surface area contributed by atoms with Gasteiger partial charge in [0, 0.05) is 19.2 Å². The molecule has 1 N–H and O–H groups in total. The highest BCUT2D eigenvalue weighted by atomic mass is 16.5. The topological polar surface area (TPSA) is 30.5 Å². The summed E-state index contributed by atoms with van der Waals surface area (Å²) in [6.07, 6.45) is 0. The number of nitrogens with one attached hydrogen (secondary N) is 1. The first-order chi connectivity index (χ1) is 9.84. The van der Waals surface area contributed by atoms with Crippen LogP contribution in [0, 0.1) is 5.92 Å². The molecule has 0 aromatic heterocycles. The third-order valence-corrected chi connectivity index (χ3v) is 3.33. The van der Waals surface area contributed by atoms with E-state index in [0.29, 0.717) is 12.0 Å². The molecule has 0 aliphatic rings. The summed E-state index contributed by atoms with van der Waals surface area (Å²) in [5.74, 6) is 1.49. The summed E-state index contributed by atoms with van der Waals surface area (Å²) in [6, 6.07) is 8.64. The molecule has 120 valence electrons. The average Bonchev–Trinajstić information content (AvgIpc) is 2.43. The van der Waals surface area contributed by atoms with Crippen molar-refractivity contribution in [1.82, 2.24) is 5.32 Å². The van der Waals surface area contributed by atoms with Gasteiger partial charge in [-0.3, -0.25) is 0 Å². The molecule has 0 spiro atoms. The van der Waals surface area contributed by atoms with Crippen LogP contribution < -0.4 is 10.1 Å². The van der Waals surface area contributed by atoms with Crippen molar-refractivity contribution in [1.29, 1.82) is 0 Å². The largest absolute Gasteiger partial charge is 0.493 e. The standard InChI is InChI=1S/C18H31NO2/c1-7-21-18(5,6)13-19-15(4)16-8-10-17(11-9-16)20-12-14(2)3/h8-11,14-15,19H,7,12-13H2,1-6H3. The molecule has 0 aliphatic heterocycles. The molecule has 3 heteroatoms. The van der Waals surface area contributed by atoms with Crippen LogP contribution in [0.1, 0.15) is 53.1 Å². The van der Waals surface area contributed by atoms with Gasteiger partial charge in [-0.25, -0.2) is 0 Å². The van der Waals surface area contributed by atoms with E-state index in [2.05, 4.69) is 52.1 Å². The van der Waals surface area contributed by atoms with Gasteiger partial charge in [-0.05, 0) is 51.3 Å². The van der Waals surface area contributed by atoms with Crippen molar-refractivity contribution in [2.45, 2.75) is 53.2 Å². The predicted molar refractivity (Wildman–Crippen MR) is 88.9 cm³/mol. The molecule has 0 fully saturated rings. The number of rotatable bonds is 9. The van der Waals surface area contributed by atoms with Crippen molar-refractivity contribution in [3.05, 3.63) is 29.8 Å². The molecule has 0 saturated carbocycles. The first-order valence-electron chi connectivity index (χ1n) is 7.94. The van der Waals surface area contributed by atoms with E-state index in [4.69, 9.17) is 9.47 Å². The van der Waals surface area contributed by atoms with Gasteiger partial charge in [0.15, 0.2) is 0 Å². The molecule has 0 radical (unpaired) electrons. The van der Waals surface area contributed by atoms with Gasteiger partial charge in [0.25, 0.3) is 0 Å². The Hall–Kier alpha value is -1.06. The maximum atomic E-state index is 5.71. The highest BCUT2D eigenvalue weighted by molar-refractivity contribution is 5.29. The van der Waals surface area contributed by atoms with Crippen LogP contribution in [0.5, 0.6) is 5.75 Å². The molecule has 0 amide bonds. The molecule has 1 rings (SSSR count). The number of hydrogen-bond acceptors (Lipinski definition) is 3. The quantitative estimate of drug-likeness (QED) is 0.740. The van der Waals surface area contributed by atoms with Gasteiger partial charge < -0.3 is 14.8 Å². The molecular weight excluding hydrogens is 262 g/mol. The van der Waals surface area contributed by atoms with Crippen LogP contribution in [-0.2, 0) is 4.74 Å². The molecule has 0 saturated heterocycles. The Bertz CT molecular complexity index is 398. The molecule has 1 unspecified atom stereocenters. The number of benzene rings is 1. The van der Waals surface area contributed by atoms with Gasteiger partial charge in [0.1, 0.15) is 5.75 Å². The Balaban J connectivity index is 2.49. The van der Waals surface area contributed by atoms with Gasteiger partial charge in [0.05, 0.1) is 12.2 Å². The molecule has 0 bridgehead atoms. The molecule has 1 aromatic rings. The highest BCUT2D eigenvalue weighted by Gasteiger charge is 2.18. The summed E-state index contributed by atoms with van der Waals surface area (Å²) in [5, 5.41) is 3.53. The highest BCUT2D eigenvalue weighted by Crippen LogP contribution is 2.19. The Morgan fingerprint density at radius 3 is 2.24 bits per heavy atom. The van der Waals surface area contributed by atoms with E-state index in [1.54, 1.807) is 0 Å². The van der Waals surface area contributed by atoms with E-state index in [-0.39, 0.29) is 5.60 Å². The van der Waals surface area contributed by atoms with Crippen LogP contribution in [0.15, 0.2) is 24.3 Å². The van der Waals surface area contributed by atoms with Crippen LogP contribution in [0.3, 0.4) is 0 Å². The van der Waals surface area contributed by atoms with Crippen LogP contribution in [0.4, 0.5) is 0 Å². The molecule has 3 nitrogen and oxygen atoms in total. The van der Waals surface area contributed by atoms with E-state index in [0.717, 1.165) is 25.5 Å². The minimum absolute atomic E-state index is 0.136. The lowest BCUT2D eigenvalue weighted by Crippen LogP contribution is -2.38. The molecule has 1 atom stereocenters. The van der Waals surface area contributed by atoms with Gasteiger partial charge >= 0.3 is 0 Å². The first kappa shape index (κ1) is 18.0. The maximum Gasteiger partial charge on any atom is 0.119 e. The van der Waals surface area contributed by atoms with Crippen LogP contribution in [-0.4, -0.2) is 25.4 Å². The van der Waals surface area contributed by atoms with Gasteiger partial charge in [-0.15, -0.1) is 0 Å². The summed E-state index contributed by atoms with van der Waals surface area (Å²) < 4.78 is 11.4. The van der Waals surface area contributed by atoms with Gasteiger partial charge in [0.2, 0.25) is 0 Å². The fourth-order valence-corrected chi connectivity index (χ4v) is 2.07. The minimum atomic E-state index is -0.136. The Morgan fingerprint density at radius 2 is 1.71 bits per heavy atom. The van der Waals surface area contributed by atoms with E-state index in [9.17, 15) is 0 Å². The van der Waals surface area contributed by atoms with Crippen LogP contribution >= 0.6 is 0 Å². The zero-order valence-electron chi connectivity index (χ0n) is 14.4. The van der Waals surface area contributed by atoms with Gasteiger partial charge in [-0.2, -0.15) is 0 Å². The van der Waals surface area contributed by atoms with E-state index in [1.807, 2.05) is 19.1 Å². The summed E-state index contributed by atoms with van der Waals surface area (Å²) in [7, 11) is 0. The van der Waals surface area contributed by atoms with Crippen LogP contribution in [0.25, 0.3) is 0 Å². The number of hydrogen-bond donors (Lipinski definition) is 1. The third kappa shape index (κ3) is 6.96. The fraction of sp³-hybridized carbons (Fsp3) is 0.667. The number of ether oxygens (including phenoxy) is 2. The van der Waals surface area contributed by atoms with E-state index >= 15 is 0 Å². The minimum Gasteiger partial charge on any atom is -0.493 e. The molecular formula is C18H31NO2. The lowest BCUT2D eigenvalue weighted by Gasteiger charge is -2.27. The molecule has 21 heavy (non-hydrogen) atoms. The Morgan fingerprint density at radius 1 is 1.10 bits per heavy atom. The normalized spacial score (nSPS) is 13.5. The van der Waals surface area contributed by atoms with Crippen molar-refractivity contribution in [2.75, 3.05) is 19.8 Å². The van der Waals surface area contributed by atoms with Crippen molar-refractivity contribution in [3.8, 4) is 5.75 Å². The van der Waals surface area contributed by atoms with Crippen LogP contribution in [0.2, 0.25) is 0 Å². The average molecular weight is 293 g/mol. The second-order valence-electron chi connectivity index (χ2n) is 6.57. The Labute approximate surface area is 130 Å². The van der Waals surface area contributed by atoms with Crippen molar-refractivity contribution >= 4 is 0 Å². The Kier molecular flexibility index (Phi) is 7.20. The molecule has 1 aromatic carbocycles. The summed E-state index contributed by atoms with van der Waals surface area (Å²) in [4.78, 5) is 0. The first-order valence-corrected chi connectivity index (χ1v) is 7.94. The lowest BCUT2D eigenvalue weighted by atomic mass is 10.1. The maximum absolute atomic E-state index is 5.71. The predicted octanol–water partition coefficient (Wildman–Crippen LogP) is 4.19.